The van der Waals surface area contributed by atoms with Crippen LogP contribution in [0.5, 0.6) is 0 Å². The molecule has 1 aliphatic carbocycles. The van der Waals surface area contributed by atoms with Crippen LogP contribution in [-0.2, 0) is 11.8 Å². The Hall–Kier alpha value is -0.930. The van der Waals surface area contributed by atoms with Crippen molar-refractivity contribution in [1.29, 1.82) is 0 Å². The zero-order chi connectivity index (χ0) is 15.7. The normalized spacial score (nSPS) is 20.2. The van der Waals surface area contributed by atoms with Crippen LogP contribution < -0.4 is 0 Å². The first-order valence-electron chi connectivity index (χ1n) is 7.37. The molecule has 1 atom stereocenters. The molecule has 0 saturated heterocycles. The summed E-state index contributed by atoms with van der Waals surface area (Å²) in [6.45, 7) is 0. The Morgan fingerprint density at radius 2 is 1.77 bits per heavy atom. The quantitative estimate of drug-likeness (QED) is 0.564. The zero-order valence-electron chi connectivity index (χ0n) is 12.0. The van der Waals surface area contributed by atoms with Gasteiger partial charge in [0.15, 0.2) is 11.6 Å². The fraction of sp³-hybridized carbons (Fsp3) is 0.333. The van der Waals surface area contributed by atoms with Gasteiger partial charge in [0.25, 0.3) is 0 Å². The summed E-state index contributed by atoms with van der Waals surface area (Å²) in [7, 11) is 0. The Labute approximate surface area is 142 Å². The lowest BCUT2D eigenvalue weighted by atomic mass is 9.72. The van der Waals surface area contributed by atoms with Crippen LogP contribution >= 0.6 is 27.5 Å². The maximum absolute atomic E-state index is 13.8. The van der Waals surface area contributed by atoms with E-state index in [2.05, 4.69) is 15.9 Å². The van der Waals surface area contributed by atoms with Gasteiger partial charge in [0.1, 0.15) is 0 Å². The second-order valence-corrected chi connectivity index (χ2v) is 7.03. The molecule has 0 saturated carbocycles. The molecule has 1 aliphatic rings. The van der Waals surface area contributed by atoms with Crippen LogP contribution in [-0.4, -0.2) is 5.33 Å². The van der Waals surface area contributed by atoms with E-state index in [4.69, 9.17) is 11.6 Å². The Morgan fingerprint density at radius 1 is 1.09 bits per heavy atom. The smallest absolute Gasteiger partial charge is 0.159 e. The Bertz CT molecular complexity index is 684. The number of benzene rings is 2. The summed E-state index contributed by atoms with van der Waals surface area (Å²) in [4.78, 5) is 0. The molecule has 1 unspecified atom stereocenters. The molecule has 0 aromatic heterocycles. The molecule has 3 rings (SSSR count). The number of hydrogen-bond donors (Lipinski definition) is 0. The number of fused-ring (bicyclic) bond motifs is 1. The first-order valence-corrected chi connectivity index (χ1v) is 8.87. The molecule has 0 amide bonds. The number of alkyl halides is 1. The van der Waals surface area contributed by atoms with Crippen molar-refractivity contribution in [3.05, 3.63) is 69.7 Å². The highest BCUT2D eigenvalue weighted by molar-refractivity contribution is 9.09. The van der Waals surface area contributed by atoms with E-state index in [-0.39, 0.29) is 5.41 Å². The van der Waals surface area contributed by atoms with E-state index in [0.29, 0.717) is 5.02 Å². The van der Waals surface area contributed by atoms with Crippen molar-refractivity contribution in [3.8, 4) is 0 Å². The number of halogens is 4. The third kappa shape index (κ3) is 2.69. The molecule has 0 spiro atoms. The fourth-order valence-electron chi connectivity index (χ4n) is 3.56. The van der Waals surface area contributed by atoms with Crippen molar-refractivity contribution >= 4 is 27.5 Å². The minimum absolute atomic E-state index is 0.248. The van der Waals surface area contributed by atoms with Crippen LogP contribution in [0.25, 0.3) is 0 Å². The summed E-state index contributed by atoms with van der Waals surface area (Å²) in [6.07, 6.45) is 3.52. The molecule has 0 aliphatic heterocycles. The predicted molar refractivity (Wildman–Crippen MR) is 89.9 cm³/mol. The van der Waals surface area contributed by atoms with E-state index >= 15 is 0 Å². The van der Waals surface area contributed by atoms with Crippen molar-refractivity contribution in [3.63, 3.8) is 0 Å². The van der Waals surface area contributed by atoms with E-state index in [1.807, 2.05) is 24.3 Å². The Morgan fingerprint density at radius 3 is 2.45 bits per heavy atom. The van der Waals surface area contributed by atoms with Crippen LogP contribution in [0.4, 0.5) is 8.78 Å². The Balaban J connectivity index is 2.14. The predicted octanol–water partition coefficient (Wildman–Crippen LogP) is 6.03. The minimum Gasteiger partial charge on any atom is -0.204 e. The Kier molecular flexibility index (Phi) is 4.56. The first-order chi connectivity index (χ1) is 10.6. The summed E-state index contributed by atoms with van der Waals surface area (Å²) >= 11 is 9.47. The zero-order valence-corrected chi connectivity index (χ0v) is 14.4. The van der Waals surface area contributed by atoms with Crippen LogP contribution in [0.1, 0.15) is 36.0 Å². The van der Waals surface area contributed by atoms with Crippen molar-refractivity contribution in [1.82, 2.24) is 0 Å². The molecule has 22 heavy (non-hydrogen) atoms. The molecule has 116 valence electrons. The van der Waals surface area contributed by atoms with Gasteiger partial charge in [-0.25, -0.2) is 8.78 Å². The molecule has 0 radical (unpaired) electrons. The van der Waals surface area contributed by atoms with Crippen molar-refractivity contribution < 1.29 is 8.78 Å². The minimum atomic E-state index is -0.766. The van der Waals surface area contributed by atoms with Crippen molar-refractivity contribution in [2.24, 2.45) is 0 Å². The van der Waals surface area contributed by atoms with Gasteiger partial charge < -0.3 is 0 Å². The summed E-state index contributed by atoms with van der Waals surface area (Å²) in [5.74, 6) is -1.52. The monoisotopic (exact) mass is 384 g/mol. The van der Waals surface area contributed by atoms with Gasteiger partial charge in [-0.05, 0) is 66.6 Å². The van der Waals surface area contributed by atoms with E-state index in [1.54, 1.807) is 0 Å². The molecular weight excluding hydrogens is 370 g/mol. The molecule has 4 heteroatoms. The fourth-order valence-corrected chi connectivity index (χ4v) is 3.97. The van der Waals surface area contributed by atoms with Gasteiger partial charge >= 0.3 is 0 Å². The number of aryl methyl sites for hydroxylation is 1. The number of rotatable bonds is 4. The summed E-state index contributed by atoms with van der Waals surface area (Å²) < 4.78 is 27.3. The van der Waals surface area contributed by atoms with Gasteiger partial charge in [-0.1, -0.05) is 39.7 Å². The molecule has 0 heterocycles. The molecule has 0 bridgehead atoms. The summed E-state index contributed by atoms with van der Waals surface area (Å²) in [5.41, 5.74) is 2.73. The second kappa shape index (κ2) is 6.29. The van der Waals surface area contributed by atoms with Crippen LogP contribution in [0, 0.1) is 11.6 Å². The van der Waals surface area contributed by atoms with Crippen molar-refractivity contribution in [2.75, 3.05) is 5.33 Å². The van der Waals surface area contributed by atoms with E-state index < -0.39 is 11.6 Å². The third-order valence-electron chi connectivity index (χ3n) is 4.62. The van der Waals surface area contributed by atoms with Gasteiger partial charge in [-0.3, -0.25) is 0 Å². The van der Waals surface area contributed by atoms with Gasteiger partial charge in [0.2, 0.25) is 0 Å². The molecule has 0 nitrogen and oxygen atoms in total. The van der Waals surface area contributed by atoms with Crippen LogP contribution in [0.15, 0.2) is 36.4 Å². The number of hydrogen-bond acceptors (Lipinski definition) is 0. The lowest BCUT2D eigenvalue weighted by molar-refractivity contribution is 0.459. The van der Waals surface area contributed by atoms with Gasteiger partial charge in [-0.2, -0.15) is 0 Å². The van der Waals surface area contributed by atoms with Crippen LogP contribution in [0.3, 0.4) is 0 Å². The van der Waals surface area contributed by atoms with Crippen LogP contribution in [0.2, 0.25) is 5.02 Å². The highest BCUT2D eigenvalue weighted by Crippen LogP contribution is 2.48. The molecule has 0 N–H and O–H groups in total. The molecule has 2 aromatic rings. The highest BCUT2D eigenvalue weighted by atomic mass is 79.9. The summed E-state index contributed by atoms with van der Waals surface area (Å²) in [6, 6.07) is 10.5. The van der Waals surface area contributed by atoms with E-state index in [0.717, 1.165) is 47.7 Å². The van der Waals surface area contributed by atoms with E-state index in [1.165, 1.54) is 12.1 Å². The maximum atomic E-state index is 13.8. The summed E-state index contributed by atoms with van der Waals surface area (Å²) in [5, 5.41) is 1.57. The lowest BCUT2D eigenvalue weighted by Gasteiger charge is -2.31. The maximum Gasteiger partial charge on any atom is 0.159 e. The topological polar surface area (TPSA) is 0 Å². The van der Waals surface area contributed by atoms with Crippen molar-refractivity contribution in [2.45, 2.75) is 31.1 Å². The largest absolute Gasteiger partial charge is 0.204 e. The average molecular weight is 386 g/mol. The average Bonchev–Trinajstić information content (AvgIpc) is 2.85. The van der Waals surface area contributed by atoms with Gasteiger partial charge in [0.05, 0.1) is 0 Å². The molecule has 0 fully saturated rings. The molecular formula is C18H16BrClF2. The standard InChI is InChI=1S/C18H16BrClF2/c19-9-1-7-18(13-2-4-14(20)5-3-13)8-6-12-10-16(21)17(22)11-15(12)18/h2-5,10-11H,1,6-9H2. The highest BCUT2D eigenvalue weighted by Gasteiger charge is 2.40. The molecule has 2 aromatic carbocycles. The van der Waals surface area contributed by atoms with Gasteiger partial charge in [0, 0.05) is 15.8 Å². The first kappa shape index (κ1) is 15.9. The van der Waals surface area contributed by atoms with Gasteiger partial charge in [-0.15, -0.1) is 0 Å². The lowest BCUT2D eigenvalue weighted by Crippen LogP contribution is -2.25. The second-order valence-electron chi connectivity index (χ2n) is 5.80. The third-order valence-corrected chi connectivity index (χ3v) is 5.43. The van der Waals surface area contributed by atoms with E-state index in [9.17, 15) is 8.78 Å². The SMILES string of the molecule is Fc1cc2c(cc1F)C(CCCBr)(c1ccc(Cl)cc1)CC2.